The van der Waals surface area contributed by atoms with E-state index in [1.807, 2.05) is 0 Å². The van der Waals surface area contributed by atoms with Crippen molar-refractivity contribution < 1.29 is 9.47 Å². The first kappa shape index (κ1) is 43.6. The van der Waals surface area contributed by atoms with Crippen molar-refractivity contribution in [2.45, 2.75) is 12.8 Å². The van der Waals surface area contributed by atoms with Crippen molar-refractivity contribution in [2.75, 3.05) is 142 Å². The highest BCUT2D eigenvalue weighted by molar-refractivity contribution is 6.08. The summed E-state index contributed by atoms with van der Waals surface area (Å²) in [7, 11) is 0. The largest absolute Gasteiger partial charge is 0.384 e. The Morgan fingerprint density at radius 2 is 0.717 bits per heavy atom. The lowest BCUT2D eigenvalue weighted by Crippen LogP contribution is -2.40. The van der Waals surface area contributed by atoms with Crippen molar-refractivity contribution in [1.29, 1.82) is 0 Å². The SMILES string of the molecule is c1ccc2c(NCCCN3CCNCCOCCNCCN(CCCNc4c5ccccc5nc5ccccc45)CCNCCOCCNCC3)c3ccccc3nc2c1. The van der Waals surface area contributed by atoms with Gasteiger partial charge in [0, 0.05) is 113 Å². The molecule has 3 heterocycles. The fraction of sp³-hybridized carbons (Fsp3) is 0.458. The van der Waals surface area contributed by atoms with Crippen molar-refractivity contribution in [1.82, 2.24) is 41.0 Å². The molecule has 1 aliphatic heterocycles. The molecule has 0 unspecified atom stereocenters. The molecule has 1 saturated heterocycles. The van der Waals surface area contributed by atoms with Gasteiger partial charge in [-0.25, -0.2) is 9.97 Å². The van der Waals surface area contributed by atoms with Crippen LogP contribution in [0.25, 0.3) is 43.6 Å². The van der Waals surface area contributed by atoms with Crippen LogP contribution in [0.1, 0.15) is 12.8 Å². The van der Waals surface area contributed by atoms with E-state index < -0.39 is 0 Å². The number of ether oxygens (including phenoxy) is 2. The van der Waals surface area contributed by atoms with Crippen LogP contribution >= 0.6 is 0 Å². The second-order valence-corrected chi connectivity index (χ2v) is 15.5. The lowest BCUT2D eigenvalue weighted by Gasteiger charge is -2.24. The normalized spacial score (nSPS) is 17.5. The van der Waals surface area contributed by atoms with Crippen LogP contribution in [0.5, 0.6) is 0 Å². The highest BCUT2D eigenvalue weighted by Gasteiger charge is 2.12. The molecule has 0 spiro atoms. The molecule has 6 N–H and O–H groups in total. The molecule has 60 heavy (non-hydrogen) atoms. The summed E-state index contributed by atoms with van der Waals surface area (Å²) in [4.78, 5) is 14.9. The molecule has 0 atom stereocenters. The Balaban J connectivity index is 0.823. The van der Waals surface area contributed by atoms with Gasteiger partial charge >= 0.3 is 0 Å². The summed E-state index contributed by atoms with van der Waals surface area (Å²) >= 11 is 0. The zero-order valence-electron chi connectivity index (χ0n) is 35.4. The number of aromatic nitrogens is 2. The molecule has 0 amide bonds. The number of anilines is 2. The molecule has 0 saturated carbocycles. The smallest absolute Gasteiger partial charge is 0.0730 e. The number of para-hydroxylation sites is 4. The Hall–Kier alpha value is -4.50. The minimum atomic E-state index is 0.716. The number of pyridine rings is 2. The first-order chi connectivity index (χ1) is 29.8. The first-order valence-electron chi connectivity index (χ1n) is 22.3. The van der Waals surface area contributed by atoms with E-state index >= 15 is 0 Å². The fourth-order valence-corrected chi connectivity index (χ4v) is 7.99. The monoisotopic (exact) mass is 815 g/mol. The summed E-state index contributed by atoms with van der Waals surface area (Å²) in [6.45, 7) is 17.9. The van der Waals surface area contributed by atoms with Crippen LogP contribution in [0.2, 0.25) is 0 Å². The van der Waals surface area contributed by atoms with E-state index in [4.69, 9.17) is 19.4 Å². The summed E-state index contributed by atoms with van der Waals surface area (Å²) in [5.41, 5.74) is 6.47. The molecule has 0 bridgehead atoms. The fourth-order valence-electron chi connectivity index (χ4n) is 7.99. The Morgan fingerprint density at radius 3 is 1.03 bits per heavy atom. The van der Waals surface area contributed by atoms with E-state index in [9.17, 15) is 0 Å². The van der Waals surface area contributed by atoms with Gasteiger partial charge in [0.05, 0.1) is 59.9 Å². The van der Waals surface area contributed by atoms with Crippen LogP contribution in [0.3, 0.4) is 0 Å². The minimum Gasteiger partial charge on any atom is -0.384 e. The summed E-state index contributed by atoms with van der Waals surface area (Å²) < 4.78 is 12.0. The van der Waals surface area contributed by atoms with Crippen molar-refractivity contribution >= 4 is 55.0 Å². The predicted molar refractivity (Wildman–Crippen MR) is 251 cm³/mol. The van der Waals surface area contributed by atoms with Gasteiger partial charge < -0.3 is 51.2 Å². The van der Waals surface area contributed by atoms with Crippen LogP contribution in [0.4, 0.5) is 11.4 Å². The van der Waals surface area contributed by atoms with Gasteiger partial charge in [-0.2, -0.15) is 0 Å². The van der Waals surface area contributed by atoms with Crippen LogP contribution < -0.4 is 31.9 Å². The van der Waals surface area contributed by atoms with Gasteiger partial charge in [-0.3, -0.25) is 0 Å². The highest BCUT2D eigenvalue weighted by atomic mass is 16.5. The van der Waals surface area contributed by atoms with Gasteiger partial charge in [-0.15, -0.1) is 0 Å². The zero-order chi connectivity index (χ0) is 40.9. The van der Waals surface area contributed by atoms with Gasteiger partial charge in [0.2, 0.25) is 0 Å². The minimum absolute atomic E-state index is 0.716. The highest BCUT2D eigenvalue weighted by Crippen LogP contribution is 2.31. The third kappa shape index (κ3) is 13.2. The molecule has 0 aliphatic carbocycles. The molecule has 1 aliphatic rings. The number of benzene rings is 4. The van der Waals surface area contributed by atoms with Gasteiger partial charge in [-0.05, 0) is 50.2 Å². The number of rotatable bonds is 10. The van der Waals surface area contributed by atoms with Crippen molar-refractivity contribution in [2.24, 2.45) is 0 Å². The molecular weight excluding hydrogens is 749 g/mol. The molecule has 12 heteroatoms. The summed E-state index contributed by atoms with van der Waals surface area (Å²) in [6.07, 6.45) is 2.10. The lowest BCUT2D eigenvalue weighted by molar-refractivity contribution is 0.133. The van der Waals surface area contributed by atoms with Gasteiger partial charge in [0.15, 0.2) is 0 Å². The van der Waals surface area contributed by atoms with Gasteiger partial charge in [0.25, 0.3) is 0 Å². The Morgan fingerprint density at radius 1 is 0.417 bits per heavy atom. The molecule has 12 nitrogen and oxygen atoms in total. The van der Waals surface area contributed by atoms with E-state index in [1.54, 1.807) is 0 Å². The van der Waals surface area contributed by atoms with E-state index in [-0.39, 0.29) is 0 Å². The quantitative estimate of drug-likeness (QED) is 0.0785. The third-order valence-corrected chi connectivity index (χ3v) is 11.2. The van der Waals surface area contributed by atoms with Crippen molar-refractivity contribution in [3.63, 3.8) is 0 Å². The zero-order valence-corrected chi connectivity index (χ0v) is 35.4. The number of hydrogen-bond donors (Lipinski definition) is 6. The number of nitrogens with zero attached hydrogens (tertiary/aromatic N) is 4. The summed E-state index contributed by atoms with van der Waals surface area (Å²) in [6, 6.07) is 33.7. The van der Waals surface area contributed by atoms with Crippen LogP contribution in [0.15, 0.2) is 97.1 Å². The Labute approximate surface area is 356 Å². The summed E-state index contributed by atoms with van der Waals surface area (Å²) in [5.74, 6) is 0. The molecule has 0 radical (unpaired) electrons. The average Bonchev–Trinajstić information content (AvgIpc) is 3.28. The van der Waals surface area contributed by atoms with Gasteiger partial charge in [-0.1, -0.05) is 72.8 Å². The Bertz CT molecular complexity index is 1880. The van der Waals surface area contributed by atoms with Crippen LogP contribution in [-0.4, -0.2) is 151 Å². The number of nitrogens with one attached hydrogen (secondary N) is 6. The number of hydrogen-bond acceptors (Lipinski definition) is 12. The van der Waals surface area contributed by atoms with E-state index in [2.05, 4.69) is 139 Å². The van der Waals surface area contributed by atoms with E-state index in [1.165, 1.54) is 32.9 Å². The molecule has 7 rings (SSSR count). The summed E-state index contributed by atoms with van der Waals surface area (Å²) in [5, 5.41) is 26.7. The first-order valence-corrected chi connectivity index (χ1v) is 22.3. The molecule has 1 fully saturated rings. The lowest BCUT2D eigenvalue weighted by atomic mass is 10.1. The topological polar surface area (TPSA) is 123 Å². The third-order valence-electron chi connectivity index (χ3n) is 11.2. The molecule has 6 aromatic rings. The molecular formula is C48H66N10O2. The van der Waals surface area contributed by atoms with E-state index in [0.717, 1.165) is 140 Å². The van der Waals surface area contributed by atoms with E-state index in [0.29, 0.717) is 26.4 Å². The maximum atomic E-state index is 5.98. The number of fused-ring (bicyclic) bond motifs is 4. The van der Waals surface area contributed by atoms with Crippen LogP contribution in [0, 0.1) is 0 Å². The second-order valence-electron chi connectivity index (χ2n) is 15.5. The van der Waals surface area contributed by atoms with Crippen molar-refractivity contribution in [3.8, 4) is 0 Å². The van der Waals surface area contributed by atoms with Crippen molar-refractivity contribution in [3.05, 3.63) is 97.1 Å². The maximum Gasteiger partial charge on any atom is 0.0730 e. The molecule has 2 aromatic heterocycles. The maximum absolute atomic E-state index is 5.98. The predicted octanol–water partition coefficient (Wildman–Crippen LogP) is 5.40. The molecule has 4 aromatic carbocycles. The second kappa shape index (κ2) is 24.7. The average molecular weight is 815 g/mol. The van der Waals surface area contributed by atoms with Gasteiger partial charge in [0.1, 0.15) is 0 Å². The standard InChI is InChI=1S/C48H66N10O2/c1-5-15-43-39(11-1)47(40-12-2-6-16-44(40)55-43)53-19-9-29-57-31-21-49-25-35-59-37-27-51-23-33-58(34-24-52-28-38-60-36-26-50-22-32-57)30-10-20-54-48-41-13-3-7-17-45(41)56-46-18-8-4-14-42(46)48/h1-8,11-18,49-52H,9-10,19-38H2,(H,53,55)(H,54,56). The molecule has 320 valence electrons. The Kier molecular flexibility index (Phi) is 17.9. The van der Waals surface area contributed by atoms with Crippen LogP contribution in [-0.2, 0) is 9.47 Å².